The fraction of sp³-hybridized carbons (Fsp3) is 0.700. The molecule has 0 saturated carbocycles. The summed E-state index contributed by atoms with van der Waals surface area (Å²) >= 11 is 0. The highest BCUT2D eigenvalue weighted by atomic mass is 16.6. The molecule has 0 rings (SSSR count). The molecule has 0 aliphatic heterocycles. The fourth-order valence-electron chi connectivity index (χ4n) is 0.774. The molecule has 0 aromatic heterocycles. The summed E-state index contributed by atoms with van der Waals surface area (Å²) in [5.41, 5.74) is 0.164. The largest absolute Gasteiger partial charge is 0.444 e. The zero-order valence-electron chi connectivity index (χ0n) is 9.26. The van der Waals surface area contributed by atoms with Crippen LogP contribution in [0.5, 0.6) is 0 Å². The average Bonchev–Trinajstić information content (AvgIpc) is 1.96. The second-order valence-corrected chi connectivity index (χ2v) is 4.23. The molecule has 1 atom stereocenters. The molecule has 0 bridgehead atoms. The molecular weight excluding hydrogens is 182 g/mol. The molecule has 0 saturated heterocycles. The topological polar surface area (TPSA) is 58.6 Å². The predicted molar refractivity (Wildman–Crippen MR) is 55.1 cm³/mol. The Morgan fingerprint density at radius 1 is 1.57 bits per heavy atom. The molecule has 0 aromatic carbocycles. The van der Waals surface area contributed by atoms with E-state index in [0.29, 0.717) is 5.57 Å². The van der Waals surface area contributed by atoms with Crippen LogP contribution in [0.25, 0.3) is 0 Å². The predicted octanol–water partition coefficient (Wildman–Crippen LogP) is 1.45. The lowest BCUT2D eigenvalue weighted by molar-refractivity contribution is 0.0494. The van der Waals surface area contributed by atoms with Crippen molar-refractivity contribution < 1.29 is 14.6 Å². The van der Waals surface area contributed by atoms with E-state index in [1.165, 1.54) is 0 Å². The van der Waals surface area contributed by atoms with E-state index in [-0.39, 0.29) is 6.61 Å². The monoisotopic (exact) mass is 201 g/mol. The molecule has 0 aliphatic rings. The SMILES string of the molecule is C=C(C)C(CO)NC(=O)OC(C)(C)C. The number of rotatable bonds is 3. The van der Waals surface area contributed by atoms with Crippen molar-refractivity contribution in [3.8, 4) is 0 Å². The van der Waals surface area contributed by atoms with Gasteiger partial charge in [0.1, 0.15) is 5.60 Å². The van der Waals surface area contributed by atoms with E-state index < -0.39 is 17.7 Å². The van der Waals surface area contributed by atoms with Crippen LogP contribution in [0.3, 0.4) is 0 Å². The Hall–Kier alpha value is -1.03. The van der Waals surface area contributed by atoms with Gasteiger partial charge in [-0.25, -0.2) is 4.79 Å². The van der Waals surface area contributed by atoms with E-state index in [2.05, 4.69) is 11.9 Å². The molecule has 4 heteroatoms. The van der Waals surface area contributed by atoms with Gasteiger partial charge in [0.25, 0.3) is 0 Å². The summed E-state index contributed by atoms with van der Waals surface area (Å²) in [7, 11) is 0. The van der Waals surface area contributed by atoms with E-state index >= 15 is 0 Å². The number of ether oxygens (including phenoxy) is 1. The van der Waals surface area contributed by atoms with Crippen LogP contribution in [0.15, 0.2) is 12.2 Å². The van der Waals surface area contributed by atoms with Gasteiger partial charge in [-0.2, -0.15) is 0 Å². The summed E-state index contributed by atoms with van der Waals surface area (Å²) in [6.07, 6.45) is -0.542. The molecule has 0 spiro atoms. The van der Waals surface area contributed by atoms with Crippen molar-refractivity contribution in [2.24, 2.45) is 0 Å². The fourth-order valence-corrected chi connectivity index (χ4v) is 0.774. The zero-order chi connectivity index (χ0) is 11.4. The summed E-state index contributed by atoms with van der Waals surface area (Å²) in [4.78, 5) is 11.2. The normalized spacial score (nSPS) is 13.2. The number of hydrogen-bond acceptors (Lipinski definition) is 3. The molecule has 0 aliphatic carbocycles. The van der Waals surface area contributed by atoms with Crippen molar-refractivity contribution in [1.82, 2.24) is 5.32 Å². The van der Waals surface area contributed by atoms with Crippen LogP contribution in [-0.4, -0.2) is 29.4 Å². The first-order valence-corrected chi connectivity index (χ1v) is 4.52. The Morgan fingerprint density at radius 3 is 2.36 bits per heavy atom. The van der Waals surface area contributed by atoms with Gasteiger partial charge in [0.15, 0.2) is 0 Å². The number of carbonyl (C=O) groups excluding carboxylic acids is 1. The molecule has 4 nitrogen and oxygen atoms in total. The number of nitrogens with one attached hydrogen (secondary N) is 1. The maximum Gasteiger partial charge on any atom is 0.408 e. The number of aliphatic hydroxyl groups is 1. The molecule has 0 heterocycles. The molecule has 0 aromatic rings. The van der Waals surface area contributed by atoms with Crippen molar-refractivity contribution in [1.29, 1.82) is 0 Å². The van der Waals surface area contributed by atoms with E-state index in [4.69, 9.17) is 9.84 Å². The number of aliphatic hydroxyl groups excluding tert-OH is 1. The lowest BCUT2D eigenvalue weighted by Gasteiger charge is -2.22. The second-order valence-electron chi connectivity index (χ2n) is 4.23. The van der Waals surface area contributed by atoms with Gasteiger partial charge in [0, 0.05) is 0 Å². The summed E-state index contributed by atoms with van der Waals surface area (Å²) in [5.74, 6) is 0. The van der Waals surface area contributed by atoms with Crippen molar-refractivity contribution in [3.63, 3.8) is 0 Å². The third kappa shape index (κ3) is 5.59. The van der Waals surface area contributed by atoms with Crippen LogP contribution in [0.1, 0.15) is 27.7 Å². The standard InChI is InChI=1S/C10H19NO3/c1-7(2)8(6-12)11-9(13)14-10(3,4)5/h8,12H,1,6H2,2-5H3,(H,11,13). The van der Waals surface area contributed by atoms with Crippen LogP contribution in [0, 0.1) is 0 Å². The molecule has 0 radical (unpaired) electrons. The van der Waals surface area contributed by atoms with Crippen LogP contribution in [-0.2, 0) is 4.74 Å². The van der Waals surface area contributed by atoms with Crippen molar-refractivity contribution in [3.05, 3.63) is 12.2 Å². The van der Waals surface area contributed by atoms with E-state index in [1.807, 2.05) is 0 Å². The number of hydrogen-bond donors (Lipinski definition) is 2. The minimum Gasteiger partial charge on any atom is -0.444 e. The van der Waals surface area contributed by atoms with Gasteiger partial charge in [0.05, 0.1) is 12.6 Å². The number of carbonyl (C=O) groups is 1. The van der Waals surface area contributed by atoms with Crippen molar-refractivity contribution in [2.75, 3.05) is 6.61 Å². The smallest absolute Gasteiger partial charge is 0.408 e. The Morgan fingerprint density at radius 2 is 2.07 bits per heavy atom. The Bertz CT molecular complexity index is 218. The zero-order valence-corrected chi connectivity index (χ0v) is 9.26. The first kappa shape index (κ1) is 13.0. The molecule has 1 amide bonds. The molecule has 1 unspecified atom stereocenters. The quantitative estimate of drug-likeness (QED) is 0.679. The van der Waals surface area contributed by atoms with Crippen LogP contribution < -0.4 is 5.32 Å². The maximum absolute atomic E-state index is 11.2. The lowest BCUT2D eigenvalue weighted by atomic mass is 10.1. The van der Waals surface area contributed by atoms with E-state index in [0.717, 1.165) is 0 Å². The summed E-state index contributed by atoms with van der Waals surface area (Å²) < 4.78 is 5.02. The third-order valence-electron chi connectivity index (χ3n) is 1.47. The second kappa shape index (κ2) is 5.00. The Labute approximate surface area is 85.0 Å². The summed E-state index contributed by atoms with van der Waals surface area (Å²) in [6.45, 7) is 10.5. The van der Waals surface area contributed by atoms with Gasteiger partial charge in [-0.1, -0.05) is 12.2 Å². The minimum atomic E-state index is -0.542. The van der Waals surface area contributed by atoms with Gasteiger partial charge in [-0.3, -0.25) is 0 Å². The third-order valence-corrected chi connectivity index (χ3v) is 1.47. The van der Waals surface area contributed by atoms with Crippen LogP contribution >= 0.6 is 0 Å². The Kier molecular flexibility index (Phi) is 4.63. The van der Waals surface area contributed by atoms with Gasteiger partial charge in [-0.15, -0.1) is 0 Å². The first-order valence-electron chi connectivity index (χ1n) is 4.52. The van der Waals surface area contributed by atoms with Gasteiger partial charge in [0.2, 0.25) is 0 Å². The van der Waals surface area contributed by atoms with Gasteiger partial charge in [-0.05, 0) is 27.7 Å². The van der Waals surface area contributed by atoms with Crippen LogP contribution in [0.2, 0.25) is 0 Å². The van der Waals surface area contributed by atoms with Crippen molar-refractivity contribution >= 4 is 6.09 Å². The molecule has 14 heavy (non-hydrogen) atoms. The Balaban J connectivity index is 4.11. The highest BCUT2D eigenvalue weighted by Crippen LogP contribution is 2.07. The highest BCUT2D eigenvalue weighted by Gasteiger charge is 2.19. The number of alkyl carbamates (subject to hydrolysis) is 1. The van der Waals surface area contributed by atoms with Gasteiger partial charge >= 0.3 is 6.09 Å². The molecule has 2 N–H and O–H groups in total. The first-order chi connectivity index (χ1) is 6.26. The average molecular weight is 201 g/mol. The molecule has 0 fully saturated rings. The maximum atomic E-state index is 11.2. The van der Waals surface area contributed by atoms with Crippen molar-refractivity contribution in [2.45, 2.75) is 39.3 Å². The van der Waals surface area contributed by atoms with E-state index in [1.54, 1.807) is 27.7 Å². The number of amides is 1. The highest BCUT2D eigenvalue weighted by molar-refractivity contribution is 5.68. The molecule has 82 valence electrons. The lowest BCUT2D eigenvalue weighted by Crippen LogP contribution is -2.41. The van der Waals surface area contributed by atoms with E-state index in [9.17, 15) is 4.79 Å². The molecular formula is C10H19NO3. The van der Waals surface area contributed by atoms with Gasteiger partial charge < -0.3 is 15.2 Å². The van der Waals surface area contributed by atoms with Crippen LogP contribution in [0.4, 0.5) is 4.79 Å². The summed E-state index contributed by atoms with van der Waals surface area (Å²) in [6, 6.07) is -0.440. The minimum absolute atomic E-state index is 0.172. The summed E-state index contributed by atoms with van der Waals surface area (Å²) in [5, 5.41) is 11.4.